The molecule has 0 unspecified atom stereocenters. The molecular formula is C13H20N2O3S. The van der Waals surface area contributed by atoms with E-state index in [1.807, 2.05) is 18.2 Å². The van der Waals surface area contributed by atoms with E-state index in [-0.39, 0.29) is 6.61 Å². The number of benzene rings is 1. The van der Waals surface area contributed by atoms with Gasteiger partial charge in [0.1, 0.15) is 0 Å². The van der Waals surface area contributed by atoms with E-state index in [9.17, 15) is 13.5 Å². The van der Waals surface area contributed by atoms with Crippen molar-refractivity contribution in [2.75, 3.05) is 19.7 Å². The zero-order valence-electron chi connectivity index (χ0n) is 10.8. The Balaban J connectivity index is 2.09. The van der Waals surface area contributed by atoms with Crippen molar-refractivity contribution < 1.29 is 13.5 Å². The predicted octanol–water partition coefficient (Wildman–Crippen LogP) is 1.04. The van der Waals surface area contributed by atoms with Gasteiger partial charge in [-0.15, -0.1) is 0 Å². The molecule has 0 bridgehead atoms. The molecule has 106 valence electrons. The molecule has 1 heterocycles. The number of aliphatic hydroxyl groups excluding tert-OH is 1. The molecule has 1 aliphatic heterocycles. The van der Waals surface area contributed by atoms with Crippen LogP contribution in [0.25, 0.3) is 0 Å². The molecule has 0 spiro atoms. The van der Waals surface area contributed by atoms with Crippen LogP contribution in [0.15, 0.2) is 30.3 Å². The van der Waals surface area contributed by atoms with E-state index in [4.69, 9.17) is 0 Å². The quantitative estimate of drug-likeness (QED) is 0.849. The van der Waals surface area contributed by atoms with E-state index in [0.717, 1.165) is 24.8 Å². The molecule has 1 fully saturated rings. The Labute approximate surface area is 114 Å². The lowest BCUT2D eigenvalue weighted by atomic mass is 10.1. The summed E-state index contributed by atoms with van der Waals surface area (Å²) in [5.74, 6) is 0. The van der Waals surface area contributed by atoms with Crippen molar-refractivity contribution in [3.05, 3.63) is 35.9 Å². The van der Waals surface area contributed by atoms with Crippen LogP contribution >= 0.6 is 0 Å². The average molecular weight is 284 g/mol. The summed E-state index contributed by atoms with van der Waals surface area (Å²) in [6.07, 6.45) is 2.88. The van der Waals surface area contributed by atoms with Crippen molar-refractivity contribution in [3.63, 3.8) is 0 Å². The van der Waals surface area contributed by atoms with Gasteiger partial charge in [-0.1, -0.05) is 36.8 Å². The fourth-order valence-electron chi connectivity index (χ4n) is 2.26. The maximum atomic E-state index is 12.2. The van der Waals surface area contributed by atoms with Crippen LogP contribution in [-0.2, 0) is 10.2 Å². The number of rotatable bonds is 5. The molecule has 19 heavy (non-hydrogen) atoms. The topological polar surface area (TPSA) is 69.6 Å². The van der Waals surface area contributed by atoms with Crippen LogP contribution < -0.4 is 4.72 Å². The van der Waals surface area contributed by atoms with Crippen LogP contribution in [0.3, 0.4) is 0 Å². The molecule has 0 aromatic heterocycles. The van der Waals surface area contributed by atoms with Crippen molar-refractivity contribution in [1.29, 1.82) is 0 Å². The van der Waals surface area contributed by atoms with E-state index in [1.54, 1.807) is 12.1 Å². The number of nitrogens with zero attached hydrogens (tertiary/aromatic N) is 1. The summed E-state index contributed by atoms with van der Waals surface area (Å²) in [7, 11) is -3.52. The van der Waals surface area contributed by atoms with Crippen LogP contribution in [0.1, 0.15) is 30.9 Å². The van der Waals surface area contributed by atoms with Gasteiger partial charge in [0.15, 0.2) is 0 Å². The lowest BCUT2D eigenvalue weighted by Crippen LogP contribution is -2.45. The first kappa shape index (κ1) is 14.5. The van der Waals surface area contributed by atoms with Gasteiger partial charge >= 0.3 is 0 Å². The minimum absolute atomic E-state index is 0.253. The molecule has 0 saturated carbocycles. The summed E-state index contributed by atoms with van der Waals surface area (Å²) in [5, 5.41) is 9.40. The summed E-state index contributed by atoms with van der Waals surface area (Å²) >= 11 is 0. The predicted molar refractivity (Wildman–Crippen MR) is 73.7 cm³/mol. The molecule has 1 aromatic carbocycles. The van der Waals surface area contributed by atoms with Gasteiger partial charge in [0.25, 0.3) is 10.2 Å². The molecule has 2 rings (SSSR count). The Bertz CT molecular complexity index is 484. The van der Waals surface area contributed by atoms with Crippen LogP contribution in [0.5, 0.6) is 0 Å². The smallest absolute Gasteiger partial charge is 0.280 e. The van der Waals surface area contributed by atoms with E-state index in [1.165, 1.54) is 4.31 Å². The van der Waals surface area contributed by atoms with Gasteiger partial charge in [-0.2, -0.15) is 17.4 Å². The third-order valence-corrected chi connectivity index (χ3v) is 4.96. The molecule has 0 aliphatic carbocycles. The van der Waals surface area contributed by atoms with Gasteiger partial charge < -0.3 is 5.11 Å². The van der Waals surface area contributed by atoms with Crippen molar-refractivity contribution in [2.45, 2.75) is 25.3 Å². The van der Waals surface area contributed by atoms with Crippen LogP contribution in [0, 0.1) is 0 Å². The summed E-state index contributed by atoms with van der Waals surface area (Å²) < 4.78 is 28.5. The van der Waals surface area contributed by atoms with Gasteiger partial charge in [0.05, 0.1) is 12.6 Å². The fourth-order valence-corrected chi connectivity index (χ4v) is 3.71. The molecule has 6 heteroatoms. The summed E-state index contributed by atoms with van der Waals surface area (Å²) in [4.78, 5) is 0. The molecule has 1 aromatic rings. The molecule has 2 N–H and O–H groups in total. The fraction of sp³-hybridized carbons (Fsp3) is 0.538. The van der Waals surface area contributed by atoms with Crippen LogP contribution in [0.2, 0.25) is 0 Å². The van der Waals surface area contributed by atoms with E-state index >= 15 is 0 Å². The second-order valence-electron chi connectivity index (χ2n) is 4.73. The highest BCUT2D eigenvalue weighted by Crippen LogP contribution is 2.17. The summed E-state index contributed by atoms with van der Waals surface area (Å²) in [6.45, 7) is 0.863. The number of aliphatic hydroxyl groups is 1. The van der Waals surface area contributed by atoms with Crippen LogP contribution in [-0.4, -0.2) is 37.5 Å². The van der Waals surface area contributed by atoms with Crippen molar-refractivity contribution >= 4 is 10.2 Å². The van der Waals surface area contributed by atoms with Gasteiger partial charge in [-0.05, 0) is 18.4 Å². The number of piperidine rings is 1. The first-order chi connectivity index (χ1) is 9.13. The monoisotopic (exact) mass is 284 g/mol. The molecule has 0 radical (unpaired) electrons. The minimum atomic E-state index is -3.52. The largest absolute Gasteiger partial charge is 0.394 e. The highest BCUT2D eigenvalue weighted by atomic mass is 32.2. The summed E-state index contributed by atoms with van der Waals surface area (Å²) in [5.41, 5.74) is 0.769. The Hall–Kier alpha value is -0.950. The van der Waals surface area contributed by atoms with E-state index in [2.05, 4.69) is 4.72 Å². The maximum absolute atomic E-state index is 12.2. The zero-order valence-corrected chi connectivity index (χ0v) is 11.6. The van der Waals surface area contributed by atoms with Crippen molar-refractivity contribution in [3.8, 4) is 0 Å². The normalized spacial score (nSPS) is 19.2. The van der Waals surface area contributed by atoms with Gasteiger partial charge in [-0.3, -0.25) is 0 Å². The molecule has 5 nitrogen and oxygen atoms in total. The first-order valence-corrected chi connectivity index (χ1v) is 8.01. The Kier molecular flexibility index (Phi) is 4.93. The second-order valence-corrected chi connectivity index (χ2v) is 6.43. The second kappa shape index (κ2) is 6.47. The molecule has 1 aliphatic rings. The highest BCUT2D eigenvalue weighted by Gasteiger charge is 2.26. The van der Waals surface area contributed by atoms with Gasteiger partial charge in [-0.25, -0.2) is 0 Å². The number of hydrogen-bond donors (Lipinski definition) is 2. The zero-order chi connectivity index (χ0) is 13.7. The lowest BCUT2D eigenvalue weighted by molar-refractivity contribution is 0.254. The lowest BCUT2D eigenvalue weighted by Gasteiger charge is -2.28. The van der Waals surface area contributed by atoms with Crippen molar-refractivity contribution in [2.24, 2.45) is 0 Å². The van der Waals surface area contributed by atoms with Crippen LogP contribution in [0.4, 0.5) is 0 Å². The Morgan fingerprint density at radius 1 is 1.16 bits per heavy atom. The maximum Gasteiger partial charge on any atom is 0.280 e. The molecule has 0 amide bonds. The average Bonchev–Trinajstić information content (AvgIpc) is 2.47. The summed E-state index contributed by atoms with van der Waals surface area (Å²) in [6, 6.07) is 8.53. The third kappa shape index (κ3) is 3.76. The van der Waals surface area contributed by atoms with Gasteiger partial charge in [0, 0.05) is 13.1 Å². The van der Waals surface area contributed by atoms with Gasteiger partial charge in [0.2, 0.25) is 0 Å². The van der Waals surface area contributed by atoms with Crippen molar-refractivity contribution in [1.82, 2.24) is 9.03 Å². The Morgan fingerprint density at radius 2 is 1.79 bits per heavy atom. The van der Waals surface area contributed by atoms with E-state index in [0.29, 0.717) is 13.1 Å². The first-order valence-electron chi connectivity index (χ1n) is 6.56. The number of hydrogen-bond acceptors (Lipinski definition) is 3. The molecule has 1 saturated heterocycles. The highest BCUT2D eigenvalue weighted by molar-refractivity contribution is 7.87. The standard InChI is InChI=1S/C13H20N2O3S/c16-11-13(12-7-3-1-4-8-12)14-19(17,18)15-9-5-2-6-10-15/h1,3-4,7-8,13-14,16H,2,5-6,9-11H2/t13-/m0/s1. The van der Waals surface area contributed by atoms with E-state index < -0.39 is 16.3 Å². The Morgan fingerprint density at radius 3 is 2.37 bits per heavy atom. The number of nitrogens with one attached hydrogen (secondary N) is 1. The minimum Gasteiger partial charge on any atom is -0.394 e. The molecular weight excluding hydrogens is 264 g/mol. The SMILES string of the molecule is O=S(=O)(N[C@@H](CO)c1ccccc1)N1CCCCC1. The molecule has 1 atom stereocenters. The third-order valence-electron chi connectivity index (χ3n) is 3.33.